The second-order valence-corrected chi connectivity index (χ2v) is 6.97. The van der Waals surface area contributed by atoms with Gasteiger partial charge in [-0.25, -0.2) is 9.48 Å². The minimum Gasteiger partial charge on any atom is -0.383 e. The molecule has 1 aliphatic rings. The van der Waals surface area contributed by atoms with E-state index in [9.17, 15) is 19.7 Å². The Bertz CT molecular complexity index is 925. The van der Waals surface area contributed by atoms with Crippen molar-refractivity contribution < 1.29 is 14.5 Å². The summed E-state index contributed by atoms with van der Waals surface area (Å²) >= 11 is 0. The van der Waals surface area contributed by atoms with Gasteiger partial charge in [-0.1, -0.05) is 0 Å². The smallest absolute Gasteiger partial charge is 0.345 e. The number of nitro groups is 1. The van der Waals surface area contributed by atoms with Gasteiger partial charge in [0.25, 0.3) is 11.6 Å². The van der Waals surface area contributed by atoms with Crippen LogP contribution in [0.3, 0.4) is 0 Å². The predicted octanol–water partition coefficient (Wildman–Crippen LogP) is 1.64. The van der Waals surface area contributed by atoms with Gasteiger partial charge in [-0.05, 0) is 31.9 Å². The van der Waals surface area contributed by atoms with E-state index in [-0.39, 0.29) is 23.2 Å². The van der Waals surface area contributed by atoms with E-state index in [2.05, 4.69) is 5.10 Å². The van der Waals surface area contributed by atoms with Crippen LogP contribution in [0, 0.1) is 10.1 Å². The lowest BCUT2D eigenvalue weighted by molar-refractivity contribution is -0.384. The van der Waals surface area contributed by atoms with Gasteiger partial charge in [-0.15, -0.1) is 0 Å². The Hall–Kier alpha value is -3.01. The zero-order chi connectivity index (χ0) is 21.0. The van der Waals surface area contributed by atoms with E-state index in [0.29, 0.717) is 51.2 Å². The van der Waals surface area contributed by atoms with Crippen LogP contribution in [0.4, 0.5) is 5.69 Å². The Morgan fingerprint density at radius 2 is 1.93 bits per heavy atom. The second kappa shape index (κ2) is 8.99. The van der Waals surface area contributed by atoms with E-state index in [4.69, 9.17) is 4.74 Å². The standard InChI is InChI=1S/C19H25N5O5/c1-3-22-17(20-23(19(22)26)12-13-29-2)14-8-10-21(11-9-14)18(25)15-4-6-16(7-5-15)24(27)28/h4-7,14H,3,8-13H2,1-2H3. The van der Waals surface area contributed by atoms with Gasteiger partial charge >= 0.3 is 5.69 Å². The molecule has 10 nitrogen and oxygen atoms in total. The fourth-order valence-corrected chi connectivity index (χ4v) is 3.63. The van der Waals surface area contributed by atoms with Crippen LogP contribution in [0.25, 0.3) is 0 Å². The van der Waals surface area contributed by atoms with E-state index in [1.165, 1.54) is 28.9 Å². The van der Waals surface area contributed by atoms with Crippen molar-refractivity contribution in [2.75, 3.05) is 26.8 Å². The van der Waals surface area contributed by atoms with Crippen LogP contribution in [0.15, 0.2) is 29.1 Å². The summed E-state index contributed by atoms with van der Waals surface area (Å²) in [5, 5.41) is 15.3. The topological polar surface area (TPSA) is 112 Å². The first-order valence-corrected chi connectivity index (χ1v) is 9.66. The molecule has 0 bridgehead atoms. The summed E-state index contributed by atoms with van der Waals surface area (Å²) in [5.74, 6) is 0.722. The van der Waals surface area contributed by atoms with Gasteiger partial charge < -0.3 is 9.64 Å². The highest BCUT2D eigenvalue weighted by Crippen LogP contribution is 2.27. The van der Waals surface area contributed by atoms with Crippen LogP contribution < -0.4 is 5.69 Å². The Morgan fingerprint density at radius 1 is 1.28 bits per heavy atom. The molecule has 0 spiro atoms. The highest BCUT2D eigenvalue weighted by Gasteiger charge is 2.28. The number of carbonyl (C=O) groups excluding carboxylic acids is 1. The van der Waals surface area contributed by atoms with E-state index < -0.39 is 4.92 Å². The Kier molecular flexibility index (Phi) is 6.42. The number of rotatable bonds is 7. The zero-order valence-corrected chi connectivity index (χ0v) is 16.6. The number of amides is 1. The SMILES string of the molecule is CCn1c(C2CCN(C(=O)c3ccc([N+](=O)[O-])cc3)CC2)nn(CCOC)c1=O. The van der Waals surface area contributed by atoms with E-state index in [0.717, 1.165) is 5.82 Å². The number of nitro benzene ring substituents is 1. The molecule has 10 heteroatoms. The van der Waals surface area contributed by atoms with Gasteiger partial charge in [-0.3, -0.25) is 19.5 Å². The predicted molar refractivity (Wildman–Crippen MR) is 105 cm³/mol. The summed E-state index contributed by atoms with van der Waals surface area (Å²) in [6.07, 6.45) is 1.42. The average Bonchev–Trinajstić information content (AvgIpc) is 3.07. The summed E-state index contributed by atoms with van der Waals surface area (Å²) < 4.78 is 8.17. The van der Waals surface area contributed by atoms with Gasteiger partial charge in [0.2, 0.25) is 0 Å². The molecule has 1 amide bonds. The fourth-order valence-electron chi connectivity index (χ4n) is 3.63. The number of hydrogen-bond acceptors (Lipinski definition) is 6. The molecule has 0 atom stereocenters. The molecule has 2 heterocycles. The maximum Gasteiger partial charge on any atom is 0.345 e. The lowest BCUT2D eigenvalue weighted by atomic mass is 9.95. The van der Waals surface area contributed by atoms with E-state index >= 15 is 0 Å². The largest absolute Gasteiger partial charge is 0.383 e. The Labute approximate surface area is 167 Å². The monoisotopic (exact) mass is 403 g/mol. The third kappa shape index (κ3) is 4.37. The minimum atomic E-state index is -0.487. The lowest BCUT2D eigenvalue weighted by Gasteiger charge is -2.31. The molecule has 1 fully saturated rings. The van der Waals surface area contributed by atoms with Crippen LogP contribution in [-0.4, -0.2) is 56.9 Å². The molecule has 156 valence electrons. The van der Waals surface area contributed by atoms with Gasteiger partial charge in [0.15, 0.2) is 0 Å². The Morgan fingerprint density at radius 3 is 2.48 bits per heavy atom. The number of nitrogens with zero attached hydrogens (tertiary/aromatic N) is 5. The maximum absolute atomic E-state index is 12.7. The van der Waals surface area contributed by atoms with Crippen LogP contribution in [0.5, 0.6) is 0 Å². The number of methoxy groups -OCH3 is 1. The number of non-ortho nitro benzene ring substituents is 1. The summed E-state index contributed by atoms with van der Waals surface area (Å²) in [7, 11) is 1.58. The van der Waals surface area contributed by atoms with Crippen LogP contribution >= 0.6 is 0 Å². The minimum absolute atomic E-state index is 0.0399. The first-order chi connectivity index (χ1) is 14.0. The molecule has 0 saturated carbocycles. The van der Waals surface area contributed by atoms with Crippen molar-refractivity contribution in [3.05, 3.63) is 56.3 Å². The number of hydrogen-bond donors (Lipinski definition) is 0. The molecule has 0 radical (unpaired) electrons. The van der Waals surface area contributed by atoms with Gasteiger partial charge in [-0.2, -0.15) is 5.10 Å². The zero-order valence-electron chi connectivity index (χ0n) is 16.6. The first-order valence-electron chi connectivity index (χ1n) is 9.66. The molecular weight excluding hydrogens is 378 g/mol. The van der Waals surface area contributed by atoms with Gasteiger partial charge in [0.05, 0.1) is 18.1 Å². The number of aromatic nitrogens is 3. The van der Waals surface area contributed by atoms with Crippen LogP contribution in [0.1, 0.15) is 41.9 Å². The third-order valence-electron chi connectivity index (χ3n) is 5.25. The normalized spacial score (nSPS) is 14.9. The fraction of sp³-hybridized carbons (Fsp3) is 0.526. The summed E-state index contributed by atoms with van der Waals surface area (Å²) in [6.45, 7) is 4.38. The number of carbonyl (C=O) groups is 1. The number of ether oxygens (including phenoxy) is 1. The van der Waals surface area contributed by atoms with E-state index in [1.54, 1.807) is 16.6 Å². The van der Waals surface area contributed by atoms with Crippen molar-refractivity contribution in [1.29, 1.82) is 0 Å². The Balaban J connectivity index is 1.68. The van der Waals surface area contributed by atoms with Crippen molar-refractivity contribution in [3.63, 3.8) is 0 Å². The highest BCUT2D eigenvalue weighted by atomic mass is 16.6. The molecule has 2 aromatic rings. The molecule has 3 rings (SSSR count). The van der Waals surface area contributed by atoms with Crippen molar-refractivity contribution >= 4 is 11.6 Å². The molecule has 1 aromatic carbocycles. The highest BCUT2D eigenvalue weighted by molar-refractivity contribution is 5.94. The van der Waals surface area contributed by atoms with Gasteiger partial charge in [0.1, 0.15) is 5.82 Å². The van der Waals surface area contributed by atoms with E-state index in [1.807, 2.05) is 6.92 Å². The van der Waals surface area contributed by atoms with Gasteiger partial charge in [0, 0.05) is 50.4 Å². The van der Waals surface area contributed by atoms with Crippen molar-refractivity contribution in [2.45, 2.75) is 38.8 Å². The molecule has 1 saturated heterocycles. The summed E-state index contributed by atoms with van der Waals surface area (Å²) in [5.41, 5.74) is 0.258. The molecule has 1 aromatic heterocycles. The molecule has 0 N–H and O–H groups in total. The molecule has 1 aliphatic heterocycles. The summed E-state index contributed by atoms with van der Waals surface area (Å²) in [4.78, 5) is 37.2. The second-order valence-electron chi connectivity index (χ2n) is 6.97. The molecule has 29 heavy (non-hydrogen) atoms. The third-order valence-corrected chi connectivity index (χ3v) is 5.25. The van der Waals surface area contributed by atoms with Crippen molar-refractivity contribution in [3.8, 4) is 0 Å². The summed E-state index contributed by atoms with van der Waals surface area (Å²) in [6, 6.07) is 5.65. The van der Waals surface area contributed by atoms with Crippen LogP contribution in [0.2, 0.25) is 0 Å². The number of benzene rings is 1. The van der Waals surface area contributed by atoms with Crippen LogP contribution in [-0.2, 0) is 17.8 Å². The number of piperidine rings is 1. The number of likely N-dealkylation sites (tertiary alicyclic amines) is 1. The average molecular weight is 403 g/mol. The molecular formula is C19H25N5O5. The molecule has 0 aliphatic carbocycles. The quantitative estimate of drug-likeness (QED) is 0.513. The maximum atomic E-state index is 12.7. The van der Waals surface area contributed by atoms with Crippen molar-refractivity contribution in [2.24, 2.45) is 0 Å². The van der Waals surface area contributed by atoms with Crippen molar-refractivity contribution in [1.82, 2.24) is 19.2 Å². The lowest BCUT2D eigenvalue weighted by Crippen LogP contribution is -2.38. The first kappa shape index (κ1) is 20.7. The molecule has 0 unspecified atom stereocenters.